The van der Waals surface area contributed by atoms with Gasteiger partial charge in [-0.25, -0.2) is 0 Å². The lowest BCUT2D eigenvalue weighted by Crippen LogP contribution is -2.05. The molecule has 0 bridgehead atoms. The van der Waals surface area contributed by atoms with E-state index in [1.807, 2.05) is 12.1 Å². The predicted octanol–water partition coefficient (Wildman–Crippen LogP) is 10.2. The number of carbonyl (C=O) groups is 1. The van der Waals surface area contributed by atoms with Gasteiger partial charge in [-0.1, -0.05) is 116 Å². The van der Waals surface area contributed by atoms with Gasteiger partial charge in [0, 0.05) is 11.1 Å². The minimum absolute atomic E-state index is 0.0316. The molecule has 35 heavy (non-hydrogen) atoms. The summed E-state index contributed by atoms with van der Waals surface area (Å²) < 4.78 is 0. The molecule has 0 aliphatic carbocycles. The largest absolute Gasteiger partial charge is 0.508 e. The van der Waals surface area contributed by atoms with Gasteiger partial charge in [-0.2, -0.15) is 0 Å². The van der Waals surface area contributed by atoms with E-state index in [1.165, 1.54) is 43.2 Å². The predicted molar refractivity (Wildman–Crippen MR) is 152 cm³/mol. The number of hydrogen-bond donors (Lipinski definition) is 1. The Morgan fingerprint density at radius 1 is 0.829 bits per heavy atom. The van der Waals surface area contributed by atoms with Crippen molar-refractivity contribution in [2.24, 2.45) is 0 Å². The monoisotopic (exact) mass is 476 g/mol. The Bertz CT molecular complexity index is 956. The fourth-order valence-electron chi connectivity index (χ4n) is 5.03. The van der Waals surface area contributed by atoms with Crippen LogP contribution >= 0.6 is 0 Å². The zero-order valence-electron chi connectivity index (χ0n) is 23.1. The zero-order chi connectivity index (χ0) is 25.8. The number of allylic oxidation sites excluding steroid dienone is 1. The molecule has 0 aliphatic rings. The van der Waals surface area contributed by atoms with Crippen LogP contribution < -0.4 is 0 Å². The molecule has 3 unspecified atom stereocenters. The van der Waals surface area contributed by atoms with Crippen LogP contribution in [0, 0.1) is 0 Å². The van der Waals surface area contributed by atoms with E-state index in [1.54, 1.807) is 18.2 Å². The molecule has 0 heterocycles. The number of benzene rings is 2. The van der Waals surface area contributed by atoms with Crippen LogP contribution in [0.25, 0.3) is 6.08 Å². The first-order chi connectivity index (χ1) is 16.8. The molecule has 0 saturated heterocycles. The number of rotatable bonds is 15. The van der Waals surface area contributed by atoms with Crippen molar-refractivity contribution in [3.05, 3.63) is 70.3 Å². The van der Waals surface area contributed by atoms with E-state index in [2.05, 4.69) is 59.7 Å². The van der Waals surface area contributed by atoms with Crippen LogP contribution in [0.4, 0.5) is 0 Å². The average Bonchev–Trinajstić information content (AvgIpc) is 2.87. The highest BCUT2D eigenvalue weighted by atomic mass is 16.3. The van der Waals surface area contributed by atoms with Gasteiger partial charge in [-0.05, 0) is 65.8 Å². The van der Waals surface area contributed by atoms with Crippen molar-refractivity contribution in [2.45, 2.75) is 117 Å². The fourth-order valence-corrected chi connectivity index (χ4v) is 5.03. The minimum Gasteiger partial charge on any atom is -0.508 e. The molecule has 0 spiro atoms. The maximum Gasteiger partial charge on any atom is 0.186 e. The van der Waals surface area contributed by atoms with Crippen LogP contribution in [0.15, 0.2) is 42.5 Å². The van der Waals surface area contributed by atoms with Crippen LogP contribution in [-0.4, -0.2) is 10.9 Å². The average molecular weight is 477 g/mol. The Labute approximate surface area is 214 Å². The summed E-state index contributed by atoms with van der Waals surface area (Å²) in [6.45, 7) is 13.4. The fraction of sp³-hybridized carbons (Fsp3) is 0.545. The molecule has 2 aromatic rings. The number of carbonyl (C=O) groups excluding carboxylic acids is 1. The summed E-state index contributed by atoms with van der Waals surface area (Å²) >= 11 is 0. The second-order valence-electron chi connectivity index (χ2n) is 10.5. The summed E-state index contributed by atoms with van der Waals surface area (Å²) in [6, 6.07) is 12.2. The van der Waals surface area contributed by atoms with Gasteiger partial charge >= 0.3 is 0 Å². The summed E-state index contributed by atoms with van der Waals surface area (Å²) in [7, 11) is 0. The third-order valence-corrected chi connectivity index (χ3v) is 7.44. The van der Waals surface area contributed by atoms with Crippen molar-refractivity contribution in [1.29, 1.82) is 0 Å². The first-order valence-electron chi connectivity index (χ1n) is 14.0. The first kappa shape index (κ1) is 28.9. The lowest BCUT2D eigenvalue weighted by Gasteiger charge is -2.19. The topological polar surface area (TPSA) is 37.3 Å². The number of phenols is 1. The summed E-state index contributed by atoms with van der Waals surface area (Å²) in [5.74, 6) is 1.31. The molecule has 1 N–H and O–H groups in total. The van der Waals surface area contributed by atoms with Crippen molar-refractivity contribution in [3.63, 3.8) is 0 Å². The lowest BCUT2D eigenvalue weighted by molar-refractivity contribution is 0.104. The van der Waals surface area contributed by atoms with Gasteiger partial charge in [-0.15, -0.1) is 0 Å². The van der Waals surface area contributed by atoms with Crippen molar-refractivity contribution in [1.82, 2.24) is 0 Å². The van der Waals surface area contributed by atoms with E-state index >= 15 is 0 Å². The van der Waals surface area contributed by atoms with E-state index in [-0.39, 0.29) is 17.5 Å². The molecule has 3 atom stereocenters. The molecule has 0 aliphatic heterocycles. The molecule has 0 amide bonds. The van der Waals surface area contributed by atoms with E-state index in [0.29, 0.717) is 17.4 Å². The van der Waals surface area contributed by atoms with E-state index in [0.717, 1.165) is 36.8 Å². The lowest BCUT2D eigenvalue weighted by atomic mass is 9.86. The van der Waals surface area contributed by atoms with Crippen molar-refractivity contribution in [2.75, 3.05) is 0 Å². The highest BCUT2D eigenvalue weighted by molar-refractivity contribution is 6.08. The number of unbranched alkanes of at least 4 members (excludes halogenated alkanes) is 3. The number of aromatic hydroxyl groups is 1. The van der Waals surface area contributed by atoms with Crippen molar-refractivity contribution < 1.29 is 9.90 Å². The molecule has 0 aromatic heterocycles. The third-order valence-electron chi connectivity index (χ3n) is 7.44. The second kappa shape index (κ2) is 14.9. The van der Waals surface area contributed by atoms with Gasteiger partial charge in [-0.3, -0.25) is 4.79 Å². The highest BCUT2D eigenvalue weighted by Gasteiger charge is 2.19. The summed E-state index contributed by atoms with van der Waals surface area (Å²) in [6.07, 6.45) is 14.1. The van der Waals surface area contributed by atoms with Crippen LogP contribution in [0.5, 0.6) is 5.75 Å². The Kier molecular flexibility index (Phi) is 12.3. The molecule has 0 fully saturated rings. The van der Waals surface area contributed by atoms with Crippen LogP contribution in [0.2, 0.25) is 0 Å². The van der Waals surface area contributed by atoms with Crippen LogP contribution in [0.1, 0.15) is 150 Å². The quantitative estimate of drug-likeness (QED) is 0.205. The minimum atomic E-state index is -0.0316. The first-order valence-corrected chi connectivity index (χ1v) is 14.0. The molecule has 0 radical (unpaired) electrons. The number of phenolic OH excluding ortho intramolecular Hbond substituents is 1. The van der Waals surface area contributed by atoms with E-state index in [9.17, 15) is 9.90 Å². The summed E-state index contributed by atoms with van der Waals surface area (Å²) in [4.78, 5) is 13.4. The molecule has 0 saturated carbocycles. The Morgan fingerprint density at radius 2 is 1.43 bits per heavy atom. The van der Waals surface area contributed by atoms with Gasteiger partial charge in [0.1, 0.15) is 5.75 Å². The summed E-state index contributed by atoms with van der Waals surface area (Å²) in [5.41, 5.74) is 5.24. The normalized spacial score (nSPS) is 14.2. The Hall–Kier alpha value is -2.35. The Morgan fingerprint density at radius 3 is 2.06 bits per heavy atom. The maximum absolute atomic E-state index is 13.4. The van der Waals surface area contributed by atoms with Gasteiger partial charge in [0.05, 0.1) is 0 Å². The van der Waals surface area contributed by atoms with E-state index < -0.39 is 0 Å². The van der Waals surface area contributed by atoms with Crippen molar-refractivity contribution in [3.8, 4) is 5.75 Å². The third kappa shape index (κ3) is 8.37. The Balaban J connectivity index is 2.41. The van der Waals surface area contributed by atoms with Crippen LogP contribution in [0.3, 0.4) is 0 Å². The van der Waals surface area contributed by atoms with Gasteiger partial charge < -0.3 is 5.11 Å². The molecule has 2 rings (SSSR count). The van der Waals surface area contributed by atoms with Crippen molar-refractivity contribution >= 4 is 11.9 Å². The standard InChI is InChI=1S/C33H48O2/c1-7-10-14-24(4)27-19-21-29(25(5)15-11-8-2)28(23-27)20-22-31(34)30-17-13-18-32(35)33(30)26(6)16-12-9-3/h13,17-26,35H,7-12,14-16H2,1-6H3/b22-20+. The molecule has 2 heteroatoms. The van der Waals surface area contributed by atoms with Gasteiger partial charge in [0.15, 0.2) is 5.78 Å². The SMILES string of the molecule is CCCCC(C)c1ccc(C(C)CCCC)c(/C=C/C(=O)c2cccc(O)c2C(C)CCCC)c1. The van der Waals surface area contributed by atoms with Gasteiger partial charge in [0.25, 0.3) is 0 Å². The molecule has 192 valence electrons. The van der Waals surface area contributed by atoms with Crippen LogP contribution in [-0.2, 0) is 0 Å². The zero-order valence-corrected chi connectivity index (χ0v) is 23.1. The van der Waals surface area contributed by atoms with E-state index in [4.69, 9.17) is 0 Å². The molecule has 2 aromatic carbocycles. The number of ketones is 1. The highest BCUT2D eigenvalue weighted by Crippen LogP contribution is 2.34. The molecular formula is C33H48O2. The van der Waals surface area contributed by atoms with Gasteiger partial charge in [0.2, 0.25) is 0 Å². The maximum atomic E-state index is 13.4. The molecular weight excluding hydrogens is 428 g/mol. The summed E-state index contributed by atoms with van der Waals surface area (Å²) in [5, 5.41) is 10.6. The second-order valence-corrected chi connectivity index (χ2v) is 10.5. The number of hydrogen-bond acceptors (Lipinski definition) is 2. The smallest absolute Gasteiger partial charge is 0.186 e. The molecule has 2 nitrogen and oxygen atoms in total.